The molecule has 1 saturated heterocycles. The molecule has 5 rings (SSSR count). The number of pyridine rings is 2. The lowest BCUT2D eigenvalue weighted by Gasteiger charge is -2.28. The third-order valence-corrected chi connectivity index (χ3v) is 5.85. The van der Waals surface area contributed by atoms with Crippen LogP contribution in [0.3, 0.4) is 0 Å². The second-order valence-electron chi connectivity index (χ2n) is 7.96. The molecule has 0 atom stereocenters. The van der Waals surface area contributed by atoms with Crippen LogP contribution in [0.25, 0.3) is 21.9 Å². The number of fused-ring (bicyclic) bond motifs is 1. The molecule has 34 heavy (non-hydrogen) atoms. The highest BCUT2D eigenvalue weighted by atomic mass is 19.4. The first kappa shape index (κ1) is 22.0. The number of H-pyrrole nitrogens is 1. The van der Waals surface area contributed by atoms with Gasteiger partial charge in [-0.05, 0) is 48.0 Å². The van der Waals surface area contributed by atoms with Crippen molar-refractivity contribution in [2.45, 2.75) is 6.18 Å². The number of nitrogens with one attached hydrogen (secondary N) is 2. The van der Waals surface area contributed by atoms with Gasteiger partial charge in [-0.2, -0.15) is 13.2 Å². The Labute approximate surface area is 193 Å². The van der Waals surface area contributed by atoms with E-state index in [0.29, 0.717) is 40.9 Å². The quantitative estimate of drug-likeness (QED) is 0.433. The van der Waals surface area contributed by atoms with E-state index < -0.39 is 11.7 Å². The van der Waals surface area contributed by atoms with Crippen molar-refractivity contribution >= 4 is 28.0 Å². The molecule has 0 amide bonds. The number of aromatic amines is 1. The average Bonchev–Trinajstić information content (AvgIpc) is 2.85. The summed E-state index contributed by atoms with van der Waals surface area (Å²) in [5.74, 6) is 0.367. The van der Waals surface area contributed by atoms with E-state index in [-0.39, 0.29) is 5.56 Å². The Hall–Kier alpha value is -3.85. The highest BCUT2D eigenvalue weighted by molar-refractivity contribution is 6.01. The van der Waals surface area contributed by atoms with Crippen molar-refractivity contribution < 1.29 is 17.9 Å². The van der Waals surface area contributed by atoms with Crippen molar-refractivity contribution in [3.05, 3.63) is 82.9 Å². The van der Waals surface area contributed by atoms with E-state index in [1.807, 2.05) is 24.3 Å². The molecule has 0 radical (unpaired) electrons. The fourth-order valence-corrected chi connectivity index (χ4v) is 4.09. The molecule has 0 unspecified atom stereocenters. The SMILES string of the molecule is O=c1[nH]cc(-c2ccc(C(F)(F)F)cc2)c2ccnc(Nc3ccc(N4CCOCC4)cc3)c12. The lowest BCUT2D eigenvalue weighted by molar-refractivity contribution is -0.137. The minimum atomic E-state index is -4.41. The standard InChI is InChI=1S/C25H21F3N4O2/c26-25(27,28)17-3-1-16(2-4-17)21-15-30-24(33)22-20(21)9-10-29-23(22)31-18-5-7-19(8-6-18)32-11-13-34-14-12-32/h1-10,15H,11-14H2,(H,29,31)(H,30,33). The van der Waals surface area contributed by atoms with Gasteiger partial charge in [0.05, 0.1) is 24.2 Å². The summed E-state index contributed by atoms with van der Waals surface area (Å²) in [4.78, 5) is 22.0. The van der Waals surface area contributed by atoms with Gasteiger partial charge in [0.2, 0.25) is 0 Å². The Balaban J connectivity index is 1.48. The molecule has 6 nitrogen and oxygen atoms in total. The van der Waals surface area contributed by atoms with E-state index in [1.165, 1.54) is 18.3 Å². The minimum Gasteiger partial charge on any atom is -0.378 e. The first-order chi connectivity index (χ1) is 16.4. The van der Waals surface area contributed by atoms with E-state index in [0.717, 1.165) is 36.6 Å². The normalized spacial score (nSPS) is 14.4. The molecule has 0 aliphatic carbocycles. The van der Waals surface area contributed by atoms with Crippen LogP contribution in [0.4, 0.5) is 30.4 Å². The highest BCUT2D eigenvalue weighted by Crippen LogP contribution is 2.33. The number of rotatable bonds is 4. The molecule has 1 aliphatic heterocycles. The first-order valence-corrected chi connectivity index (χ1v) is 10.8. The number of hydrogen-bond donors (Lipinski definition) is 2. The lowest BCUT2D eigenvalue weighted by Crippen LogP contribution is -2.36. The molecule has 1 aliphatic rings. The zero-order valence-electron chi connectivity index (χ0n) is 18.0. The fourth-order valence-electron chi connectivity index (χ4n) is 4.09. The van der Waals surface area contributed by atoms with Crippen molar-refractivity contribution in [1.82, 2.24) is 9.97 Å². The van der Waals surface area contributed by atoms with E-state index in [4.69, 9.17) is 4.74 Å². The highest BCUT2D eigenvalue weighted by Gasteiger charge is 2.30. The molecular weight excluding hydrogens is 445 g/mol. The predicted octanol–water partition coefficient (Wildman–Crippen LogP) is 5.19. The number of nitrogens with zero attached hydrogens (tertiary/aromatic N) is 2. The Morgan fingerprint density at radius 1 is 0.971 bits per heavy atom. The maximum atomic E-state index is 12.9. The molecule has 2 aromatic heterocycles. The van der Waals surface area contributed by atoms with Crippen molar-refractivity contribution in [2.24, 2.45) is 0 Å². The first-order valence-electron chi connectivity index (χ1n) is 10.8. The summed E-state index contributed by atoms with van der Waals surface area (Å²) in [6.45, 7) is 3.06. The summed E-state index contributed by atoms with van der Waals surface area (Å²) >= 11 is 0. The Morgan fingerprint density at radius 3 is 2.35 bits per heavy atom. The second kappa shape index (κ2) is 8.83. The summed E-state index contributed by atoms with van der Waals surface area (Å²) in [7, 11) is 0. The van der Waals surface area contributed by atoms with Gasteiger partial charge in [0.1, 0.15) is 5.82 Å². The van der Waals surface area contributed by atoms with Crippen LogP contribution in [-0.2, 0) is 10.9 Å². The van der Waals surface area contributed by atoms with E-state index >= 15 is 0 Å². The summed E-state index contributed by atoms with van der Waals surface area (Å²) in [6, 6.07) is 14.4. The number of hydrogen-bond acceptors (Lipinski definition) is 5. The van der Waals surface area contributed by atoms with Crippen LogP contribution in [-0.4, -0.2) is 36.3 Å². The van der Waals surface area contributed by atoms with Crippen LogP contribution >= 0.6 is 0 Å². The largest absolute Gasteiger partial charge is 0.416 e. The lowest BCUT2D eigenvalue weighted by atomic mass is 10.0. The van der Waals surface area contributed by atoms with Gasteiger partial charge < -0.3 is 19.9 Å². The van der Waals surface area contributed by atoms with Gasteiger partial charge >= 0.3 is 6.18 Å². The Kier molecular flexibility index (Phi) is 5.70. The number of ether oxygens (including phenoxy) is 1. The van der Waals surface area contributed by atoms with Crippen molar-refractivity contribution in [1.29, 1.82) is 0 Å². The smallest absolute Gasteiger partial charge is 0.378 e. The zero-order chi connectivity index (χ0) is 23.7. The minimum absolute atomic E-state index is 0.331. The monoisotopic (exact) mass is 466 g/mol. The van der Waals surface area contributed by atoms with E-state index in [9.17, 15) is 18.0 Å². The van der Waals surface area contributed by atoms with Crippen LogP contribution in [0.5, 0.6) is 0 Å². The molecular formula is C25H21F3N4O2. The van der Waals surface area contributed by atoms with E-state index in [1.54, 1.807) is 12.3 Å². The molecule has 9 heteroatoms. The van der Waals surface area contributed by atoms with Crippen LogP contribution < -0.4 is 15.8 Å². The number of morpholine rings is 1. The summed E-state index contributed by atoms with van der Waals surface area (Å²) in [6.07, 6.45) is -1.34. The molecule has 0 bridgehead atoms. The molecule has 2 N–H and O–H groups in total. The van der Waals surface area contributed by atoms with E-state index in [2.05, 4.69) is 20.2 Å². The van der Waals surface area contributed by atoms with Gasteiger partial charge in [-0.15, -0.1) is 0 Å². The van der Waals surface area contributed by atoms with Crippen LogP contribution in [0, 0.1) is 0 Å². The zero-order valence-corrected chi connectivity index (χ0v) is 18.0. The predicted molar refractivity (Wildman–Crippen MR) is 126 cm³/mol. The van der Waals surface area contributed by atoms with Gasteiger partial charge in [-0.25, -0.2) is 4.98 Å². The fraction of sp³-hybridized carbons (Fsp3) is 0.200. The second-order valence-corrected chi connectivity index (χ2v) is 7.96. The van der Waals surface area contributed by atoms with Crippen molar-refractivity contribution in [3.8, 4) is 11.1 Å². The number of anilines is 3. The van der Waals surface area contributed by atoms with Crippen molar-refractivity contribution in [3.63, 3.8) is 0 Å². The van der Waals surface area contributed by atoms with Crippen LogP contribution in [0.15, 0.2) is 71.8 Å². The molecule has 3 heterocycles. The maximum absolute atomic E-state index is 12.9. The molecule has 174 valence electrons. The van der Waals surface area contributed by atoms with Crippen LogP contribution in [0.2, 0.25) is 0 Å². The molecule has 0 saturated carbocycles. The summed E-state index contributed by atoms with van der Waals surface area (Å²) < 4.78 is 44.2. The van der Waals surface area contributed by atoms with Gasteiger partial charge in [-0.1, -0.05) is 12.1 Å². The summed E-state index contributed by atoms with van der Waals surface area (Å²) in [5.41, 5.74) is 1.94. The topological polar surface area (TPSA) is 70.2 Å². The molecule has 2 aromatic carbocycles. The van der Waals surface area contributed by atoms with Gasteiger partial charge in [-0.3, -0.25) is 4.79 Å². The molecule has 0 spiro atoms. The van der Waals surface area contributed by atoms with Gasteiger partial charge in [0, 0.05) is 47.8 Å². The average molecular weight is 466 g/mol. The number of aromatic nitrogens is 2. The van der Waals surface area contributed by atoms with Crippen molar-refractivity contribution in [2.75, 3.05) is 36.5 Å². The maximum Gasteiger partial charge on any atom is 0.416 e. The summed E-state index contributed by atoms with van der Waals surface area (Å²) in [5, 5.41) is 4.12. The Morgan fingerprint density at radius 2 is 1.68 bits per heavy atom. The molecule has 1 fully saturated rings. The van der Waals surface area contributed by atoms with Gasteiger partial charge in [0.15, 0.2) is 0 Å². The third kappa shape index (κ3) is 4.34. The number of alkyl halides is 3. The Bertz CT molecular complexity index is 1360. The number of halogens is 3. The number of benzene rings is 2. The third-order valence-electron chi connectivity index (χ3n) is 5.85. The van der Waals surface area contributed by atoms with Crippen LogP contribution in [0.1, 0.15) is 5.56 Å². The van der Waals surface area contributed by atoms with Gasteiger partial charge in [0.25, 0.3) is 5.56 Å². The molecule has 4 aromatic rings.